The SMILES string of the molecule is CC1CCCCCN1C(=O)c1ccc(Br)cc1F. The highest BCUT2D eigenvalue weighted by atomic mass is 79.9. The summed E-state index contributed by atoms with van der Waals surface area (Å²) >= 11 is 3.20. The molecule has 1 aliphatic rings. The van der Waals surface area contributed by atoms with Crippen LogP contribution in [0.3, 0.4) is 0 Å². The Kier molecular flexibility index (Phi) is 4.38. The van der Waals surface area contributed by atoms with Crippen LogP contribution >= 0.6 is 15.9 Å². The summed E-state index contributed by atoms with van der Waals surface area (Å²) in [5.41, 5.74) is 0.173. The molecule has 0 bridgehead atoms. The van der Waals surface area contributed by atoms with E-state index < -0.39 is 5.82 Å². The lowest BCUT2D eigenvalue weighted by Crippen LogP contribution is -2.38. The molecule has 0 radical (unpaired) electrons. The van der Waals surface area contributed by atoms with Gasteiger partial charge in [-0.15, -0.1) is 0 Å². The van der Waals surface area contributed by atoms with Crippen molar-refractivity contribution in [2.24, 2.45) is 0 Å². The topological polar surface area (TPSA) is 20.3 Å². The van der Waals surface area contributed by atoms with Gasteiger partial charge in [-0.1, -0.05) is 28.8 Å². The highest BCUT2D eigenvalue weighted by Gasteiger charge is 2.24. The summed E-state index contributed by atoms with van der Waals surface area (Å²) in [4.78, 5) is 14.2. The third-order valence-corrected chi connectivity index (χ3v) is 3.97. The minimum atomic E-state index is -0.453. The fourth-order valence-corrected chi connectivity index (χ4v) is 2.73. The molecular weight excluding hydrogens is 297 g/mol. The van der Waals surface area contributed by atoms with Gasteiger partial charge in [0.25, 0.3) is 5.91 Å². The molecule has 0 N–H and O–H groups in total. The summed E-state index contributed by atoms with van der Waals surface area (Å²) in [6.45, 7) is 2.77. The number of likely N-dealkylation sites (tertiary alicyclic amines) is 1. The normalized spacial score (nSPS) is 20.6. The van der Waals surface area contributed by atoms with Gasteiger partial charge in [-0.3, -0.25) is 4.79 Å². The van der Waals surface area contributed by atoms with Gasteiger partial charge < -0.3 is 4.90 Å². The Morgan fingerprint density at radius 2 is 2.17 bits per heavy atom. The first-order chi connectivity index (χ1) is 8.59. The summed E-state index contributed by atoms with van der Waals surface area (Å²) in [6, 6.07) is 4.80. The van der Waals surface area contributed by atoms with Crippen molar-refractivity contribution in [3.8, 4) is 0 Å². The van der Waals surface area contributed by atoms with Crippen LogP contribution in [0.2, 0.25) is 0 Å². The number of hydrogen-bond donors (Lipinski definition) is 0. The van der Waals surface area contributed by atoms with Gasteiger partial charge in [0, 0.05) is 17.1 Å². The van der Waals surface area contributed by atoms with Gasteiger partial charge in [0.15, 0.2) is 0 Å². The van der Waals surface area contributed by atoms with Crippen LogP contribution in [-0.2, 0) is 0 Å². The Balaban J connectivity index is 2.23. The van der Waals surface area contributed by atoms with Crippen molar-refractivity contribution < 1.29 is 9.18 Å². The summed E-state index contributed by atoms with van der Waals surface area (Å²) in [6.07, 6.45) is 4.31. The van der Waals surface area contributed by atoms with Crippen molar-refractivity contribution in [2.45, 2.75) is 38.6 Å². The van der Waals surface area contributed by atoms with Crippen LogP contribution < -0.4 is 0 Å². The highest BCUT2D eigenvalue weighted by Crippen LogP contribution is 2.21. The molecule has 1 heterocycles. The second-order valence-corrected chi connectivity index (χ2v) is 5.74. The third-order valence-electron chi connectivity index (χ3n) is 3.48. The second kappa shape index (κ2) is 5.83. The van der Waals surface area contributed by atoms with E-state index in [0.29, 0.717) is 4.47 Å². The molecule has 2 nitrogen and oxygen atoms in total. The molecular formula is C14H17BrFNO. The Labute approximate surface area is 115 Å². The van der Waals surface area contributed by atoms with Gasteiger partial charge in [-0.05, 0) is 38.0 Å². The molecule has 18 heavy (non-hydrogen) atoms. The number of amides is 1. The Morgan fingerprint density at radius 3 is 2.89 bits per heavy atom. The molecule has 1 atom stereocenters. The molecule has 1 aliphatic heterocycles. The first-order valence-corrected chi connectivity index (χ1v) is 7.15. The molecule has 1 aromatic rings. The molecule has 2 rings (SSSR count). The number of halogens is 2. The van der Waals surface area contributed by atoms with Gasteiger partial charge in [0.2, 0.25) is 0 Å². The lowest BCUT2D eigenvalue weighted by Gasteiger charge is -2.27. The Hall–Kier alpha value is -0.900. The van der Waals surface area contributed by atoms with E-state index in [2.05, 4.69) is 15.9 Å². The highest BCUT2D eigenvalue weighted by molar-refractivity contribution is 9.10. The first-order valence-electron chi connectivity index (χ1n) is 6.35. The maximum absolute atomic E-state index is 13.8. The van der Waals surface area contributed by atoms with E-state index in [9.17, 15) is 9.18 Å². The minimum absolute atomic E-state index is 0.173. The van der Waals surface area contributed by atoms with Crippen LogP contribution in [0.4, 0.5) is 4.39 Å². The van der Waals surface area contributed by atoms with Crippen LogP contribution in [0.5, 0.6) is 0 Å². The molecule has 1 aromatic carbocycles. The zero-order chi connectivity index (χ0) is 13.1. The average molecular weight is 314 g/mol. The molecule has 0 saturated carbocycles. The van der Waals surface area contributed by atoms with Crippen LogP contribution in [0.25, 0.3) is 0 Å². The number of rotatable bonds is 1. The van der Waals surface area contributed by atoms with Gasteiger partial charge in [-0.25, -0.2) is 4.39 Å². The van der Waals surface area contributed by atoms with E-state index in [0.717, 1.165) is 32.2 Å². The maximum Gasteiger partial charge on any atom is 0.257 e. The van der Waals surface area contributed by atoms with Gasteiger partial charge in [-0.2, -0.15) is 0 Å². The van der Waals surface area contributed by atoms with Gasteiger partial charge in [0.1, 0.15) is 5.82 Å². The molecule has 0 spiro atoms. The Morgan fingerprint density at radius 1 is 1.39 bits per heavy atom. The first kappa shape index (κ1) is 13.5. The van der Waals surface area contributed by atoms with E-state index in [1.807, 2.05) is 6.92 Å². The lowest BCUT2D eigenvalue weighted by atomic mass is 10.1. The van der Waals surface area contributed by atoms with Gasteiger partial charge in [0.05, 0.1) is 5.56 Å². The number of hydrogen-bond acceptors (Lipinski definition) is 1. The van der Waals surface area contributed by atoms with Gasteiger partial charge >= 0.3 is 0 Å². The predicted octanol–water partition coefficient (Wildman–Crippen LogP) is 3.99. The number of carbonyl (C=O) groups excluding carboxylic acids is 1. The van der Waals surface area contributed by atoms with Crippen molar-refractivity contribution in [2.75, 3.05) is 6.54 Å². The number of benzene rings is 1. The molecule has 1 fully saturated rings. The van der Waals surface area contributed by atoms with E-state index >= 15 is 0 Å². The van der Waals surface area contributed by atoms with E-state index in [1.165, 1.54) is 6.07 Å². The van der Waals surface area contributed by atoms with Crippen molar-refractivity contribution in [3.05, 3.63) is 34.1 Å². The summed E-state index contributed by atoms with van der Waals surface area (Å²) in [5.74, 6) is -0.639. The number of nitrogens with zero attached hydrogens (tertiary/aromatic N) is 1. The standard InChI is InChI=1S/C14H17BrFNO/c1-10-5-3-2-4-8-17(10)14(18)12-7-6-11(15)9-13(12)16/h6-7,9-10H,2-5,8H2,1H3. The van der Waals surface area contributed by atoms with Crippen LogP contribution in [0, 0.1) is 5.82 Å². The molecule has 1 saturated heterocycles. The average Bonchev–Trinajstić information content (AvgIpc) is 2.53. The van der Waals surface area contributed by atoms with Crippen LogP contribution in [0.1, 0.15) is 43.0 Å². The molecule has 1 unspecified atom stereocenters. The van der Waals surface area contributed by atoms with E-state index in [1.54, 1.807) is 17.0 Å². The van der Waals surface area contributed by atoms with Crippen LogP contribution in [-0.4, -0.2) is 23.4 Å². The summed E-state index contributed by atoms with van der Waals surface area (Å²) in [5, 5.41) is 0. The second-order valence-electron chi connectivity index (χ2n) is 4.82. The fourth-order valence-electron chi connectivity index (χ4n) is 2.39. The lowest BCUT2D eigenvalue weighted by molar-refractivity contribution is 0.0693. The fraction of sp³-hybridized carbons (Fsp3) is 0.500. The smallest absolute Gasteiger partial charge is 0.257 e. The largest absolute Gasteiger partial charge is 0.336 e. The third kappa shape index (κ3) is 2.91. The zero-order valence-electron chi connectivity index (χ0n) is 10.5. The molecule has 1 amide bonds. The Bertz CT molecular complexity index is 449. The quantitative estimate of drug-likeness (QED) is 0.767. The monoisotopic (exact) mass is 313 g/mol. The summed E-state index contributed by atoms with van der Waals surface area (Å²) in [7, 11) is 0. The number of carbonyl (C=O) groups is 1. The zero-order valence-corrected chi connectivity index (χ0v) is 12.0. The van der Waals surface area contributed by atoms with E-state index in [-0.39, 0.29) is 17.5 Å². The van der Waals surface area contributed by atoms with Crippen molar-refractivity contribution in [3.63, 3.8) is 0 Å². The van der Waals surface area contributed by atoms with Crippen LogP contribution in [0.15, 0.2) is 22.7 Å². The molecule has 98 valence electrons. The van der Waals surface area contributed by atoms with Crippen molar-refractivity contribution in [1.82, 2.24) is 4.90 Å². The maximum atomic E-state index is 13.8. The molecule has 0 aliphatic carbocycles. The minimum Gasteiger partial charge on any atom is -0.336 e. The van der Waals surface area contributed by atoms with Crippen molar-refractivity contribution >= 4 is 21.8 Å². The molecule has 4 heteroatoms. The predicted molar refractivity (Wildman–Crippen MR) is 73.1 cm³/mol. The molecule has 0 aromatic heterocycles. The summed E-state index contributed by atoms with van der Waals surface area (Å²) < 4.78 is 14.5. The van der Waals surface area contributed by atoms with Crippen molar-refractivity contribution in [1.29, 1.82) is 0 Å². The van der Waals surface area contributed by atoms with E-state index in [4.69, 9.17) is 0 Å².